The van der Waals surface area contributed by atoms with Gasteiger partial charge in [0.15, 0.2) is 5.84 Å². The Kier molecular flexibility index (Phi) is 5.07. The van der Waals surface area contributed by atoms with Crippen LogP contribution in [-0.4, -0.2) is 24.9 Å². The van der Waals surface area contributed by atoms with Crippen molar-refractivity contribution in [2.45, 2.75) is 19.8 Å². The van der Waals surface area contributed by atoms with Crippen LogP contribution in [0.25, 0.3) is 20.2 Å². The Bertz CT molecular complexity index is 1130. The van der Waals surface area contributed by atoms with Crippen LogP contribution in [0, 0.1) is 0 Å². The van der Waals surface area contributed by atoms with Crippen molar-refractivity contribution in [1.29, 1.82) is 0 Å². The summed E-state index contributed by atoms with van der Waals surface area (Å²) in [5, 5.41) is 2.58. The molecule has 134 valence electrons. The summed E-state index contributed by atoms with van der Waals surface area (Å²) in [4.78, 5) is 13.4. The van der Waals surface area contributed by atoms with Crippen molar-refractivity contribution in [2.24, 2.45) is 15.0 Å². The summed E-state index contributed by atoms with van der Waals surface area (Å²) >= 11 is 1.80. The highest BCUT2D eigenvalue weighted by molar-refractivity contribution is 7.25. The lowest BCUT2D eigenvalue weighted by molar-refractivity contribution is 0.915. The number of amidine groups is 2. The van der Waals surface area contributed by atoms with Crippen molar-refractivity contribution in [3.63, 3.8) is 0 Å². The third kappa shape index (κ3) is 3.81. The average molecular weight is 372 g/mol. The van der Waals surface area contributed by atoms with Crippen LogP contribution in [-0.2, 0) is 0 Å². The first kappa shape index (κ1) is 17.6. The molecule has 0 N–H and O–H groups in total. The summed E-state index contributed by atoms with van der Waals surface area (Å²) in [5.41, 5.74) is 2.35. The Morgan fingerprint density at radius 1 is 1.11 bits per heavy atom. The Morgan fingerprint density at radius 2 is 1.96 bits per heavy atom. The number of aliphatic imine (C=N–C) groups is 3. The fraction of sp³-hybridized carbons (Fsp3) is 0.174. The second-order valence-corrected chi connectivity index (χ2v) is 7.64. The van der Waals surface area contributed by atoms with Gasteiger partial charge in [-0.3, -0.25) is 4.99 Å². The zero-order chi connectivity index (χ0) is 18.6. The molecule has 0 bridgehead atoms. The summed E-state index contributed by atoms with van der Waals surface area (Å²) in [6.45, 7) is 6.10. The molecule has 0 spiro atoms. The summed E-state index contributed by atoms with van der Waals surface area (Å²) in [7, 11) is 0. The van der Waals surface area contributed by atoms with Crippen LogP contribution in [0.5, 0.6) is 0 Å². The predicted octanol–water partition coefficient (Wildman–Crippen LogP) is 6.20. The summed E-state index contributed by atoms with van der Waals surface area (Å²) < 4.78 is 2.55. The van der Waals surface area contributed by atoms with Crippen LogP contribution < -0.4 is 0 Å². The number of fused-ring (bicyclic) bond motifs is 3. The minimum atomic E-state index is 0.628. The van der Waals surface area contributed by atoms with Gasteiger partial charge in [-0.2, -0.15) is 0 Å². The van der Waals surface area contributed by atoms with Gasteiger partial charge in [0.25, 0.3) is 0 Å². The molecular weight excluding hydrogens is 350 g/mol. The maximum atomic E-state index is 4.81. The van der Waals surface area contributed by atoms with Crippen LogP contribution in [0.15, 0.2) is 81.2 Å². The zero-order valence-electron chi connectivity index (χ0n) is 15.4. The van der Waals surface area contributed by atoms with E-state index in [-0.39, 0.29) is 0 Å². The fourth-order valence-corrected chi connectivity index (χ4v) is 4.35. The smallest absolute Gasteiger partial charge is 0.157 e. The molecule has 0 saturated heterocycles. The van der Waals surface area contributed by atoms with Gasteiger partial charge in [-0.05, 0) is 44.2 Å². The molecule has 1 aromatic heterocycles. The normalized spacial score (nSPS) is 15.4. The Balaban J connectivity index is 1.76. The van der Waals surface area contributed by atoms with E-state index in [0.717, 1.165) is 24.2 Å². The lowest BCUT2D eigenvalue weighted by Crippen LogP contribution is -2.03. The Morgan fingerprint density at radius 3 is 2.78 bits per heavy atom. The molecule has 0 unspecified atom stereocenters. The molecule has 4 rings (SSSR count). The van der Waals surface area contributed by atoms with Crippen molar-refractivity contribution >= 4 is 49.9 Å². The molecular formula is C23H21N3S. The van der Waals surface area contributed by atoms with E-state index in [2.05, 4.69) is 77.4 Å². The molecule has 3 aromatic rings. The number of hydrogen-bond acceptors (Lipinski definition) is 2. The molecule has 0 atom stereocenters. The summed E-state index contributed by atoms with van der Waals surface area (Å²) in [6.07, 6.45) is 8.60. The van der Waals surface area contributed by atoms with Crippen LogP contribution in [0.3, 0.4) is 0 Å². The first-order valence-electron chi connectivity index (χ1n) is 9.07. The number of nitrogens with zero attached hydrogens (tertiary/aromatic N) is 3. The first-order chi connectivity index (χ1) is 13.2. The van der Waals surface area contributed by atoms with Crippen LogP contribution in [0.2, 0.25) is 0 Å². The van der Waals surface area contributed by atoms with Gasteiger partial charge in [-0.1, -0.05) is 48.6 Å². The van der Waals surface area contributed by atoms with E-state index in [0.29, 0.717) is 12.4 Å². The van der Waals surface area contributed by atoms with Crippen molar-refractivity contribution in [1.82, 2.24) is 0 Å². The molecule has 0 amide bonds. The third-order valence-electron chi connectivity index (χ3n) is 4.67. The van der Waals surface area contributed by atoms with E-state index < -0.39 is 0 Å². The van der Waals surface area contributed by atoms with Crippen molar-refractivity contribution in [3.8, 4) is 0 Å². The largest absolute Gasteiger partial charge is 0.262 e. The van der Waals surface area contributed by atoms with Gasteiger partial charge in [0.05, 0.1) is 6.54 Å². The molecule has 0 fully saturated rings. The maximum absolute atomic E-state index is 4.81. The lowest BCUT2D eigenvalue weighted by Gasteiger charge is -2.08. The Hall–Kier alpha value is -2.85. The minimum Gasteiger partial charge on any atom is -0.262 e. The van der Waals surface area contributed by atoms with Gasteiger partial charge in [-0.25, -0.2) is 9.98 Å². The predicted molar refractivity (Wildman–Crippen MR) is 120 cm³/mol. The maximum Gasteiger partial charge on any atom is 0.157 e. The van der Waals surface area contributed by atoms with Crippen LogP contribution >= 0.6 is 11.3 Å². The fourth-order valence-electron chi connectivity index (χ4n) is 3.21. The minimum absolute atomic E-state index is 0.628. The zero-order valence-corrected chi connectivity index (χ0v) is 16.2. The molecule has 0 saturated carbocycles. The molecule has 0 radical (unpaired) electrons. The summed E-state index contributed by atoms with van der Waals surface area (Å²) in [5.74, 6) is 1.34. The highest BCUT2D eigenvalue weighted by Crippen LogP contribution is 2.34. The quantitative estimate of drug-likeness (QED) is 0.388. The van der Waals surface area contributed by atoms with Gasteiger partial charge in [0, 0.05) is 25.7 Å². The van der Waals surface area contributed by atoms with E-state index in [1.165, 1.54) is 25.7 Å². The molecule has 2 aromatic carbocycles. The van der Waals surface area contributed by atoms with Crippen molar-refractivity contribution < 1.29 is 0 Å². The molecule has 1 aliphatic carbocycles. The van der Waals surface area contributed by atoms with Crippen LogP contribution in [0.1, 0.15) is 25.3 Å². The van der Waals surface area contributed by atoms with E-state index in [9.17, 15) is 0 Å². The van der Waals surface area contributed by atoms with Gasteiger partial charge < -0.3 is 0 Å². The Labute approximate surface area is 163 Å². The van der Waals surface area contributed by atoms with E-state index >= 15 is 0 Å². The summed E-state index contributed by atoms with van der Waals surface area (Å²) in [6, 6.07) is 15.0. The highest BCUT2D eigenvalue weighted by Gasteiger charge is 2.09. The molecule has 0 aliphatic heterocycles. The second kappa shape index (κ2) is 7.80. The van der Waals surface area contributed by atoms with Crippen molar-refractivity contribution in [2.75, 3.05) is 6.54 Å². The van der Waals surface area contributed by atoms with E-state index in [4.69, 9.17) is 4.99 Å². The molecule has 1 heterocycles. The third-order valence-corrected chi connectivity index (χ3v) is 5.80. The number of hydrogen-bond donors (Lipinski definition) is 0. The number of allylic oxidation sites excluding steroid dienone is 3. The standard InChI is InChI=1S/C23H21N3S/c1-16(24-2)26-23(25-15-17-8-4-3-5-9-17)18-12-13-20-19-10-6-7-11-21(19)27-22(20)14-18/h3-4,6-8,10-14H,2,5,9,15H2,1H3/b25-23-,26-16-. The van der Waals surface area contributed by atoms with Gasteiger partial charge in [-0.15, -0.1) is 11.3 Å². The molecule has 4 heteroatoms. The highest BCUT2D eigenvalue weighted by atomic mass is 32.1. The number of thiophene rings is 1. The number of rotatable bonds is 3. The molecule has 27 heavy (non-hydrogen) atoms. The lowest BCUT2D eigenvalue weighted by atomic mass is 10.1. The van der Waals surface area contributed by atoms with E-state index in [1.54, 1.807) is 11.3 Å². The van der Waals surface area contributed by atoms with E-state index in [1.807, 2.05) is 6.92 Å². The van der Waals surface area contributed by atoms with Crippen molar-refractivity contribution in [3.05, 3.63) is 71.8 Å². The molecule has 1 aliphatic rings. The monoisotopic (exact) mass is 371 g/mol. The van der Waals surface area contributed by atoms with Gasteiger partial charge in [0.1, 0.15) is 5.84 Å². The topological polar surface area (TPSA) is 37.1 Å². The first-order valence-corrected chi connectivity index (χ1v) is 9.89. The van der Waals surface area contributed by atoms with Gasteiger partial charge in [0.2, 0.25) is 0 Å². The SMILES string of the molecule is C=N/C(C)=N\C(=N/CC1=CC=CCC1)c1ccc2c(c1)sc1ccccc12. The average Bonchev–Trinajstić information content (AvgIpc) is 3.09. The van der Waals surface area contributed by atoms with Crippen LogP contribution in [0.4, 0.5) is 0 Å². The second-order valence-electron chi connectivity index (χ2n) is 6.56. The number of benzene rings is 2. The van der Waals surface area contributed by atoms with Gasteiger partial charge >= 0.3 is 0 Å². The molecule has 3 nitrogen and oxygen atoms in total.